The summed E-state index contributed by atoms with van der Waals surface area (Å²) in [5.41, 5.74) is 0.502. The van der Waals surface area contributed by atoms with Crippen LogP contribution < -0.4 is 5.32 Å². The van der Waals surface area contributed by atoms with E-state index in [0.29, 0.717) is 5.56 Å². The molecule has 13 heavy (non-hydrogen) atoms. The molecule has 1 aromatic carbocycles. The van der Waals surface area contributed by atoms with Gasteiger partial charge in [-0.1, -0.05) is 0 Å². The molecular formula is C10H12FNO. The van der Waals surface area contributed by atoms with Gasteiger partial charge in [-0.3, -0.25) is 0 Å². The second-order valence-electron chi connectivity index (χ2n) is 3.49. The lowest BCUT2D eigenvalue weighted by atomic mass is 10.0. The number of phenols is 1. The van der Waals surface area contributed by atoms with E-state index in [1.54, 1.807) is 0 Å². The number of hydrogen-bond acceptors (Lipinski definition) is 2. The van der Waals surface area contributed by atoms with Crippen molar-refractivity contribution in [3.05, 3.63) is 29.6 Å². The highest BCUT2D eigenvalue weighted by Gasteiger charge is 2.44. The fraction of sp³-hybridized carbons (Fsp3) is 0.400. The van der Waals surface area contributed by atoms with Gasteiger partial charge in [0.05, 0.1) is 0 Å². The van der Waals surface area contributed by atoms with Crippen LogP contribution >= 0.6 is 0 Å². The van der Waals surface area contributed by atoms with Gasteiger partial charge in [-0.05, 0) is 38.1 Å². The van der Waals surface area contributed by atoms with E-state index in [4.69, 9.17) is 0 Å². The summed E-state index contributed by atoms with van der Waals surface area (Å²) in [5, 5.41) is 12.6. The molecule has 0 aromatic heterocycles. The molecule has 0 heterocycles. The van der Waals surface area contributed by atoms with Gasteiger partial charge in [0, 0.05) is 11.1 Å². The van der Waals surface area contributed by atoms with Gasteiger partial charge in [-0.15, -0.1) is 0 Å². The molecule has 0 saturated heterocycles. The number of hydrogen-bond donors (Lipinski definition) is 2. The maximum atomic E-state index is 12.9. The van der Waals surface area contributed by atoms with Gasteiger partial charge in [0.2, 0.25) is 0 Å². The lowest BCUT2D eigenvalue weighted by Gasteiger charge is -2.15. The van der Waals surface area contributed by atoms with E-state index in [1.165, 1.54) is 18.2 Å². The van der Waals surface area contributed by atoms with Gasteiger partial charge in [-0.25, -0.2) is 4.39 Å². The van der Waals surface area contributed by atoms with Gasteiger partial charge in [0.25, 0.3) is 0 Å². The van der Waals surface area contributed by atoms with Crippen molar-refractivity contribution in [2.75, 3.05) is 7.05 Å². The maximum absolute atomic E-state index is 12.9. The maximum Gasteiger partial charge on any atom is 0.123 e. The Bertz CT molecular complexity index is 334. The zero-order valence-electron chi connectivity index (χ0n) is 7.47. The molecule has 0 unspecified atom stereocenters. The standard InChI is InChI=1S/C10H12FNO/c1-12-10(4-5-10)8-6-7(11)2-3-9(8)13/h2-3,6,12-13H,4-5H2,1H3. The second-order valence-corrected chi connectivity index (χ2v) is 3.49. The fourth-order valence-electron chi connectivity index (χ4n) is 1.67. The lowest BCUT2D eigenvalue weighted by molar-refractivity contribution is 0.445. The van der Waals surface area contributed by atoms with Crippen LogP contribution in [0.4, 0.5) is 4.39 Å². The molecular weight excluding hydrogens is 169 g/mol. The smallest absolute Gasteiger partial charge is 0.123 e. The van der Waals surface area contributed by atoms with Gasteiger partial charge in [0.15, 0.2) is 0 Å². The average Bonchev–Trinajstić information content (AvgIpc) is 2.90. The first-order valence-corrected chi connectivity index (χ1v) is 4.36. The van der Waals surface area contributed by atoms with Crippen LogP contribution in [-0.4, -0.2) is 12.2 Å². The first-order chi connectivity index (χ1) is 6.18. The first-order valence-electron chi connectivity index (χ1n) is 4.36. The molecule has 2 nitrogen and oxygen atoms in total. The van der Waals surface area contributed by atoms with Crippen molar-refractivity contribution in [3.8, 4) is 5.75 Å². The van der Waals surface area contributed by atoms with Crippen molar-refractivity contribution in [3.63, 3.8) is 0 Å². The van der Waals surface area contributed by atoms with E-state index in [-0.39, 0.29) is 17.1 Å². The minimum atomic E-state index is -0.297. The Kier molecular flexibility index (Phi) is 1.77. The summed E-state index contributed by atoms with van der Waals surface area (Å²) in [6, 6.07) is 4.07. The highest BCUT2D eigenvalue weighted by Crippen LogP contribution is 2.48. The van der Waals surface area contributed by atoms with Crippen LogP contribution in [0.15, 0.2) is 18.2 Å². The summed E-state index contributed by atoms with van der Waals surface area (Å²) in [4.78, 5) is 0. The summed E-state index contributed by atoms with van der Waals surface area (Å²) < 4.78 is 12.9. The van der Waals surface area contributed by atoms with Crippen molar-refractivity contribution in [2.45, 2.75) is 18.4 Å². The predicted molar refractivity (Wildman–Crippen MR) is 48.0 cm³/mol. The molecule has 0 bridgehead atoms. The van der Waals surface area contributed by atoms with E-state index in [0.717, 1.165) is 12.8 Å². The highest BCUT2D eigenvalue weighted by atomic mass is 19.1. The Hall–Kier alpha value is -1.09. The largest absolute Gasteiger partial charge is 0.508 e. The first kappa shape index (κ1) is 8.51. The number of nitrogens with one attached hydrogen (secondary N) is 1. The van der Waals surface area contributed by atoms with E-state index < -0.39 is 0 Å². The monoisotopic (exact) mass is 181 g/mol. The third-order valence-electron chi connectivity index (χ3n) is 2.70. The van der Waals surface area contributed by atoms with Gasteiger partial charge < -0.3 is 10.4 Å². The average molecular weight is 181 g/mol. The summed E-state index contributed by atoms with van der Waals surface area (Å²) in [7, 11) is 1.83. The van der Waals surface area contributed by atoms with Crippen molar-refractivity contribution < 1.29 is 9.50 Å². The zero-order chi connectivity index (χ0) is 9.47. The van der Waals surface area contributed by atoms with E-state index >= 15 is 0 Å². The lowest BCUT2D eigenvalue weighted by Crippen LogP contribution is -2.24. The molecule has 0 spiro atoms. The number of phenolic OH excluding ortho intramolecular Hbond substituents is 1. The van der Waals surface area contributed by atoms with Crippen LogP contribution in [0.1, 0.15) is 18.4 Å². The van der Waals surface area contributed by atoms with Crippen LogP contribution in [-0.2, 0) is 5.54 Å². The second kappa shape index (κ2) is 2.70. The molecule has 1 aromatic rings. The molecule has 70 valence electrons. The molecule has 0 amide bonds. The van der Waals surface area contributed by atoms with Crippen LogP contribution in [0.3, 0.4) is 0 Å². The minimum absolute atomic E-state index is 0.174. The van der Waals surface area contributed by atoms with Crippen LogP contribution in [0.5, 0.6) is 5.75 Å². The quantitative estimate of drug-likeness (QED) is 0.728. The van der Waals surface area contributed by atoms with Crippen LogP contribution in [0.25, 0.3) is 0 Å². The molecule has 0 aliphatic heterocycles. The van der Waals surface area contributed by atoms with Crippen LogP contribution in [0, 0.1) is 5.82 Å². The third-order valence-corrected chi connectivity index (χ3v) is 2.70. The molecule has 1 fully saturated rings. The number of halogens is 1. The van der Waals surface area contributed by atoms with Crippen molar-refractivity contribution in [2.24, 2.45) is 0 Å². The van der Waals surface area contributed by atoms with Gasteiger partial charge >= 0.3 is 0 Å². The molecule has 0 atom stereocenters. The highest BCUT2D eigenvalue weighted by molar-refractivity contribution is 5.41. The van der Waals surface area contributed by atoms with Crippen molar-refractivity contribution in [1.82, 2.24) is 5.32 Å². The minimum Gasteiger partial charge on any atom is -0.508 e. The summed E-state index contributed by atoms with van der Waals surface area (Å²) in [6.07, 6.45) is 1.92. The molecule has 2 rings (SSSR count). The van der Waals surface area contributed by atoms with Gasteiger partial charge in [-0.2, -0.15) is 0 Å². The summed E-state index contributed by atoms with van der Waals surface area (Å²) in [6.45, 7) is 0. The fourth-order valence-corrected chi connectivity index (χ4v) is 1.67. The molecule has 1 aliphatic rings. The number of aromatic hydroxyl groups is 1. The number of benzene rings is 1. The summed E-state index contributed by atoms with van der Waals surface area (Å²) >= 11 is 0. The SMILES string of the molecule is CNC1(c2cc(F)ccc2O)CC1. The Morgan fingerprint density at radius 1 is 1.46 bits per heavy atom. The normalized spacial score (nSPS) is 18.6. The molecule has 1 aliphatic carbocycles. The Morgan fingerprint density at radius 3 is 2.69 bits per heavy atom. The Balaban J connectivity index is 2.44. The Morgan fingerprint density at radius 2 is 2.15 bits per heavy atom. The van der Waals surface area contributed by atoms with Crippen molar-refractivity contribution in [1.29, 1.82) is 0 Å². The van der Waals surface area contributed by atoms with E-state index in [2.05, 4.69) is 5.32 Å². The van der Waals surface area contributed by atoms with Gasteiger partial charge in [0.1, 0.15) is 11.6 Å². The summed E-state index contributed by atoms with van der Waals surface area (Å²) in [5.74, 6) is -0.123. The molecule has 1 saturated carbocycles. The topological polar surface area (TPSA) is 32.3 Å². The van der Waals surface area contributed by atoms with Crippen molar-refractivity contribution >= 4 is 0 Å². The zero-order valence-corrected chi connectivity index (χ0v) is 7.47. The predicted octanol–water partition coefficient (Wildman–Crippen LogP) is 1.74. The van der Waals surface area contributed by atoms with E-state index in [1.807, 2.05) is 7.05 Å². The van der Waals surface area contributed by atoms with E-state index in [9.17, 15) is 9.50 Å². The third kappa shape index (κ3) is 1.29. The number of rotatable bonds is 2. The molecule has 0 radical (unpaired) electrons. The molecule has 2 N–H and O–H groups in total. The Labute approximate surface area is 76.4 Å². The van der Waals surface area contributed by atoms with Crippen LogP contribution in [0.2, 0.25) is 0 Å². The molecule has 3 heteroatoms.